The lowest BCUT2D eigenvalue weighted by Crippen LogP contribution is -2.31. The predicted octanol–water partition coefficient (Wildman–Crippen LogP) is 2.01. The fraction of sp³-hybridized carbons (Fsp3) is 0.556. The molecule has 1 saturated heterocycles. The molecule has 136 valence electrons. The van der Waals surface area contributed by atoms with Crippen LogP contribution in [0.5, 0.6) is 0 Å². The highest BCUT2D eigenvalue weighted by molar-refractivity contribution is 5.45. The van der Waals surface area contributed by atoms with Gasteiger partial charge in [0, 0.05) is 44.7 Å². The van der Waals surface area contributed by atoms with Crippen molar-refractivity contribution in [3.05, 3.63) is 35.5 Å². The van der Waals surface area contributed by atoms with Crippen LogP contribution in [0.4, 0.5) is 5.82 Å². The zero-order valence-electron chi connectivity index (χ0n) is 15.0. The molecule has 8 nitrogen and oxygen atoms in total. The van der Waals surface area contributed by atoms with Crippen molar-refractivity contribution in [3.8, 4) is 0 Å². The summed E-state index contributed by atoms with van der Waals surface area (Å²) in [4.78, 5) is 4.80. The molecular formula is C18H23N7O. The molecule has 0 aromatic carbocycles. The summed E-state index contributed by atoms with van der Waals surface area (Å²) in [5.41, 5.74) is 1.85. The molecule has 3 aromatic rings. The first-order valence-corrected chi connectivity index (χ1v) is 9.38. The fourth-order valence-corrected chi connectivity index (χ4v) is 3.61. The van der Waals surface area contributed by atoms with Gasteiger partial charge in [-0.2, -0.15) is 4.52 Å². The SMILES string of the molecule is Cc1nnc2ccc(N3CCCN(Cc4cc(C5CC5)on4)CC3)nn12. The minimum absolute atomic E-state index is 0.623. The molecule has 0 N–H and O–H groups in total. The van der Waals surface area contributed by atoms with E-state index in [1.165, 1.54) is 12.8 Å². The van der Waals surface area contributed by atoms with Gasteiger partial charge in [0.1, 0.15) is 11.6 Å². The van der Waals surface area contributed by atoms with E-state index < -0.39 is 0 Å². The summed E-state index contributed by atoms with van der Waals surface area (Å²) in [5.74, 6) is 3.49. The van der Waals surface area contributed by atoms with E-state index >= 15 is 0 Å². The van der Waals surface area contributed by atoms with E-state index in [1.807, 2.05) is 23.6 Å². The van der Waals surface area contributed by atoms with Gasteiger partial charge in [0.2, 0.25) is 0 Å². The summed E-state index contributed by atoms with van der Waals surface area (Å²) in [6, 6.07) is 6.17. The average Bonchev–Trinajstić information content (AvgIpc) is 3.36. The maximum Gasteiger partial charge on any atom is 0.178 e. The quantitative estimate of drug-likeness (QED) is 0.710. The summed E-state index contributed by atoms with van der Waals surface area (Å²) in [6.45, 7) is 6.80. The molecule has 26 heavy (non-hydrogen) atoms. The van der Waals surface area contributed by atoms with Crippen LogP contribution in [-0.2, 0) is 6.54 Å². The van der Waals surface area contributed by atoms with E-state index in [2.05, 4.69) is 31.2 Å². The highest BCUT2D eigenvalue weighted by atomic mass is 16.5. The number of anilines is 1. The van der Waals surface area contributed by atoms with Crippen LogP contribution in [0.1, 0.15) is 42.5 Å². The molecule has 5 rings (SSSR count). The van der Waals surface area contributed by atoms with E-state index in [4.69, 9.17) is 9.62 Å². The summed E-state index contributed by atoms with van der Waals surface area (Å²) in [6.07, 6.45) is 3.60. The summed E-state index contributed by atoms with van der Waals surface area (Å²) >= 11 is 0. The van der Waals surface area contributed by atoms with Gasteiger partial charge in [-0.15, -0.1) is 15.3 Å². The second kappa shape index (κ2) is 6.35. The van der Waals surface area contributed by atoms with Crippen LogP contribution in [0, 0.1) is 6.92 Å². The number of hydrogen-bond acceptors (Lipinski definition) is 7. The molecule has 2 fully saturated rings. The number of hydrogen-bond donors (Lipinski definition) is 0. The summed E-state index contributed by atoms with van der Waals surface area (Å²) in [7, 11) is 0. The topological polar surface area (TPSA) is 75.6 Å². The lowest BCUT2D eigenvalue weighted by molar-refractivity contribution is 0.273. The number of nitrogens with zero attached hydrogens (tertiary/aromatic N) is 7. The van der Waals surface area contributed by atoms with Gasteiger partial charge in [0.15, 0.2) is 11.5 Å². The minimum atomic E-state index is 0.623. The third kappa shape index (κ3) is 3.05. The number of fused-ring (bicyclic) bond motifs is 1. The molecular weight excluding hydrogens is 330 g/mol. The molecule has 1 aliphatic carbocycles. The Hall–Kier alpha value is -2.48. The van der Waals surface area contributed by atoms with Crippen molar-refractivity contribution < 1.29 is 4.52 Å². The Balaban J connectivity index is 1.26. The monoisotopic (exact) mass is 353 g/mol. The van der Waals surface area contributed by atoms with Crippen LogP contribution < -0.4 is 4.90 Å². The highest BCUT2D eigenvalue weighted by Crippen LogP contribution is 2.40. The van der Waals surface area contributed by atoms with E-state index in [0.717, 1.165) is 67.9 Å². The zero-order valence-corrected chi connectivity index (χ0v) is 15.0. The molecule has 0 spiro atoms. The number of aryl methyl sites for hydroxylation is 1. The van der Waals surface area contributed by atoms with Crippen LogP contribution in [0.3, 0.4) is 0 Å². The van der Waals surface area contributed by atoms with Crippen molar-refractivity contribution >= 4 is 11.5 Å². The molecule has 4 heterocycles. The van der Waals surface area contributed by atoms with Gasteiger partial charge < -0.3 is 9.42 Å². The molecule has 1 aliphatic heterocycles. The van der Waals surface area contributed by atoms with Gasteiger partial charge in [-0.1, -0.05) is 5.16 Å². The van der Waals surface area contributed by atoms with Crippen molar-refractivity contribution in [2.45, 2.75) is 38.6 Å². The van der Waals surface area contributed by atoms with Crippen molar-refractivity contribution in [3.63, 3.8) is 0 Å². The van der Waals surface area contributed by atoms with Gasteiger partial charge in [0.25, 0.3) is 0 Å². The van der Waals surface area contributed by atoms with Gasteiger partial charge in [-0.25, -0.2) is 0 Å². The van der Waals surface area contributed by atoms with Gasteiger partial charge in [-0.3, -0.25) is 4.90 Å². The van der Waals surface area contributed by atoms with Crippen molar-refractivity contribution in [1.82, 2.24) is 29.9 Å². The lowest BCUT2D eigenvalue weighted by atomic mass is 10.2. The van der Waals surface area contributed by atoms with Crippen LogP contribution >= 0.6 is 0 Å². The van der Waals surface area contributed by atoms with E-state index in [0.29, 0.717) is 5.92 Å². The molecule has 1 saturated carbocycles. The van der Waals surface area contributed by atoms with E-state index in [1.54, 1.807) is 0 Å². The maximum absolute atomic E-state index is 5.48. The molecule has 8 heteroatoms. The molecule has 3 aromatic heterocycles. The largest absolute Gasteiger partial charge is 0.361 e. The second-order valence-electron chi connectivity index (χ2n) is 7.32. The normalized spacial score (nSPS) is 19.2. The van der Waals surface area contributed by atoms with E-state index in [-0.39, 0.29) is 0 Å². The zero-order chi connectivity index (χ0) is 17.5. The molecule has 0 atom stereocenters. The van der Waals surface area contributed by atoms with Crippen molar-refractivity contribution in [1.29, 1.82) is 0 Å². The third-order valence-corrected chi connectivity index (χ3v) is 5.26. The first kappa shape index (κ1) is 15.7. The van der Waals surface area contributed by atoms with E-state index in [9.17, 15) is 0 Å². The molecule has 0 radical (unpaired) electrons. The van der Waals surface area contributed by atoms with Crippen LogP contribution in [0.2, 0.25) is 0 Å². The standard InChI is InChI=1S/C18H23N7O/c1-13-19-20-17-5-6-18(21-25(13)17)24-8-2-7-23(9-10-24)12-15-11-16(26-22-15)14-3-4-14/h5-6,11,14H,2-4,7-10,12H2,1H3. The Labute approximate surface area is 151 Å². The first-order valence-electron chi connectivity index (χ1n) is 9.38. The van der Waals surface area contributed by atoms with Crippen molar-refractivity contribution in [2.75, 3.05) is 31.1 Å². The molecule has 0 bridgehead atoms. The Morgan fingerprint density at radius 3 is 2.92 bits per heavy atom. The Kier molecular flexibility index (Phi) is 3.85. The van der Waals surface area contributed by atoms with Crippen LogP contribution in [-0.4, -0.2) is 56.0 Å². The van der Waals surface area contributed by atoms with Crippen LogP contribution in [0.15, 0.2) is 22.7 Å². The first-order chi connectivity index (χ1) is 12.8. The second-order valence-corrected chi connectivity index (χ2v) is 7.32. The predicted molar refractivity (Wildman–Crippen MR) is 96.1 cm³/mol. The molecule has 2 aliphatic rings. The average molecular weight is 353 g/mol. The Bertz CT molecular complexity index is 913. The summed E-state index contributed by atoms with van der Waals surface area (Å²) < 4.78 is 7.30. The van der Waals surface area contributed by atoms with Crippen molar-refractivity contribution in [2.24, 2.45) is 0 Å². The Morgan fingerprint density at radius 1 is 1.12 bits per heavy atom. The minimum Gasteiger partial charge on any atom is -0.361 e. The maximum atomic E-state index is 5.48. The van der Waals surface area contributed by atoms with Gasteiger partial charge in [-0.05, 0) is 38.3 Å². The number of rotatable bonds is 4. The highest BCUT2D eigenvalue weighted by Gasteiger charge is 2.28. The van der Waals surface area contributed by atoms with Gasteiger partial charge >= 0.3 is 0 Å². The van der Waals surface area contributed by atoms with Gasteiger partial charge in [0.05, 0.1) is 5.69 Å². The van der Waals surface area contributed by atoms with Crippen LogP contribution in [0.25, 0.3) is 5.65 Å². The molecule has 0 amide bonds. The smallest absolute Gasteiger partial charge is 0.178 e. The Morgan fingerprint density at radius 2 is 2.04 bits per heavy atom. The molecule has 0 unspecified atom stereocenters. The summed E-state index contributed by atoms with van der Waals surface area (Å²) in [5, 5.41) is 17.2. The fourth-order valence-electron chi connectivity index (χ4n) is 3.61. The lowest BCUT2D eigenvalue weighted by Gasteiger charge is -2.22. The number of aromatic nitrogens is 5. The third-order valence-electron chi connectivity index (χ3n) is 5.26.